The summed E-state index contributed by atoms with van der Waals surface area (Å²) in [5.74, 6) is -0.829. The van der Waals surface area contributed by atoms with Crippen molar-refractivity contribution in [2.24, 2.45) is 0 Å². The Balaban J connectivity index is 1.45. The molecule has 0 amide bonds. The molecular weight excluding hydrogens is 580 g/mol. The van der Waals surface area contributed by atoms with Crippen molar-refractivity contribution >= 4 is 39.8 Å². The monoisotopic (exact) mass is 602 g/mol. The average Bonchev–Trinajstić information content (AvgIpc) is 3.52. The van der Waals surface area contributed by atoms with Gasteiger partial charge < -0.3 is 14.4 Å². The molecule has 5 nitrogen and oxygen atoms in total. The molecule has 11 heteroatoms. The molecule has 0 unspecified atom stereocenters. The third-order valence-electron chi connectivity index (χ3n) is 6.59. The number of carbonyl (C=O) groups is 1. The van der Waals surface area contributed by atoms with Crippen LogP contribution in [-0.4, -0.2) is 20.6 Å². The van der Waals surface area contributed by atoms with E-state index in [-0.39, 0.29) is 13.0 Å². The van der Waals surface area contributed by atoms with Gasteiger partial charge in [-0.1, -0.05) is 29.8 Å². The second-order valence-corrected chi connectivity index (χ2v) is 10.9. The van der Waals surface area contributed by atoms with Gasteiger partial charge in [-0.3, -0.25) is 4.79 Å². The van der Waals surface area contributed by atoms with Crippen LogP contribution in [0.3, 0.4) is 0 Å². The predicted molar refractivity (Wildman–Crippen MR) is 150 cm³/mol. The van der Waals surface area contributed by atoms with E-state index >= 15 is 0 Å². The highest BCUT2D eigenvalue weighted by Crippen LogP contribution is 2.37. The van der Waals surface area contributed by atoms with Crippen LogP contribution in [0, 0.1) is 5.82 Å². The maximum Gasteiger partial charge on any atom is 0.416 e. The van der Waals surface area contributed by atoms with Gasteiger partial charge in [0.15, 0.2) is 0 Å². The van der Waals surface area contributed by atoms with E-state index in [1.807, 2.05) is 6.92 Å². The van der Waals surface area contributed by atoms with Crippen molar-refractivity contribution < 1.29 is 32.2 Å². The zero-order valence-electron chi connectivity index (χ0n) is 21.6. The summed E-state index contributed by atoms with van der Waals surface area (Å²) in [6, 6.07) is 16.4. The molecule has 2 heterocycles. The molecular formula is C30H23ClF4N2O3S. The largest absolute Gasteiger partial charge is 0.485 e. The molecule has 0 bridgehead atoms. The number of nitrogens with zero attached hydrogens (tertiary/aromatic N) is 2. The summed E-state index contributed by atoms with van der Waals surface area (Å²) in [5, 5.41) is 10.7. The normalized spacial score (nSPS) is 12.5. The lowest BCUT2D eigenvalue weighted by Gasteiger charge is -2.15. The molecule has 1 N–H and O–H groups in total. The molecule has 0 aliphatic heterocycles. The molecule has 2 aromatic heterocycles. The Hall–Kier alpha value is -3.89. The van der Waals surface area contributed by atoms with Crippen LogP contribution in [-0.2, 0) is 30.4 Å². The van der Waals surface area contributed by atoms with E-state index in [0.29, 0.717) is 39.0 Å². The number of carboxylic acids is 1. The average molecular weight is 603 g/mol. The molecule has 1 atom stereocenters. The Morgan fingerprint density at radius 1 is 1.10 bits per heavy atom. The van der Waals surface area contributed by atoms with Gasteiger partial charge in [-0.05, 0) is 68.3 Å². The van der Waals surface area contributed by atoms with Crippen molar-refractivity contribution in [1.29, 1.82) is 0 Å². The topological polar surface area (TPSA) is 64.3 Å². The highest BCUT2D eigenvalue weighted by atomic mass is 35.5. The third-order valence-corrected chi connectivity index (χ3v) is 8.25. The number of benzene rings is 3. The van der Waals surface area contributed by atoms with E-state index < -0.39 is 29.6 Å². The summed E-state index contributed by atoms with van der Waals surface area (Å²) >= 11 is 7.52. The fourth-order valence-corrected chi connectivity index (χ4v) is 5.95. The van der Waals surface area contributed by atoms with E-state index in [1.54, 1.807) is 41.1 Å². The fraction of sp³-hybridized carbons (Fsp3) is 0.200. The van der Waals surface area contributed by atoms with Gasteiger partial charge in [0.05, 0.1) is 16.1 Å². The highest BCUT2D eigenvalue weighted by molar-refractivity contribution is 7.15. The molecule has 0 aliphatic carbocycles. The highest BCUT2D eigenvalue weighted by Gasteiger charge is 2.30. The summed E-state index contributed by atoms with van der Waals surface area (Å²) in [6.45, 7) is 1.67. The van der Waals surface area contributed by atoms with Gasteiger partial charge >= 0.3 is 12.1 Å². The van der Waals surface area contributed by atoms with Crippen LogP contribution in [0.5, 0.6) is 5.75 Å². The lowest BCUT2D eigenvalue weighted by atomic mass is 10.1. The number of ether oxygens (including phenoxy) is 1. The van der Waals surface area contributed by atoms with Gasteiger partial charge in [0.25, 0.3) is 0 Å². The Morgan fingerprint density at radius 2 is 1.85 bits per heavy atom. The number of carboxylic acid groups (broad SMARTS) is 1. The van der Waals surface area contributed by atoms with E-state index in [9.17, 15) is 22.4 Å². The predicted octanol–water partition coefficient (Wildman–Crippen LogP) is 8.59. The minimum Gasteiger partial charge on any atom is -0.485 e. The maximum atomic E-state index is 14.5. The van der Waals surface area contributed by atoms with Gasteiger partial charge in [0, 0.05) is 33.2 Å². The SMILES string of the molecule is C[C@@H](Oc1ccc2c(ccn2CC(=O)O)c1)c1sc(-c2ccc(C(F)(F)F)cc2)nc1CCc1c(F)cccc1Cl. The van der Waals surface area contributed by atoms with E-state index in [2.05, 4.69) is 0 Å². The molecule has 0 aliphatic rings. The minimum absolute atomic E-state index is 0.164. The van der Waals surface area contributed by atoms with Gasteiger partial charge in [-0.2, -0.15) is 13.2 Å². The Morgan fingerprint density at radius 3 is 2.54 bits per heavy atom. The van der Waals surface area contributed by atoms with Crippen molar-refractivity contribution in [3.05, 3.63) is 105 Å². The summed E-state index contributed by atoms with van der Waals surface area (Å²) in [7, 11) is 0. The van der Waals surface area contributed by atoms with Crippen LogP contribution in [0.4, 0.5) is 17.6 Å². The molecule has 3 aromatic carbocycles. The molecule has 0 spiro atoms. The number of alkyl halides is 3. The Kier molecular flexibility index (Phi) is 8.06. The number of hydrogen-bond acceptors (Lipinski definition) is 4. The molecule has 5 aromatic rings. The van der Waals surface area contributed by atoms with Gasteiger partial charge in [-0.15, -0.1) is 11.3 Å². The lowest BCUT2D eigenvalue weighted by Crippen LogP contribution is -2.07. The smallest absolute Gasteiger partial charge is 0.416 e. The lowest BCUT2D eigenvalue weighted by molar-refractivity contribution is -0.138. The Bertz CT molecular complexity index is 1690. The molecule has 0 saturated carbocycles. The Labute approximate surface area is 241 Å². The van der Waals surface area contributed by atoms with Crippen molar-refractivity contribution in [3.8, 4) is 16.3 Å². The standard InChI is InChI=1S/C30H23ClF4N2O3S/c1-17(40-21-9-12-26-19(15-21)13-14-37(26)16-27(38)39)28-25(11-10-22-23(31)3-2-4-24(22)32)36-29(41-28)18-5-7-20(8-6-18)30(33,34)35/h2-9,12-15,17H,10-11,16H2,1H3,(H,38,39)/t17-/m1/s1. The van der Waals surface area contributed by atoms with Crippen molar-refractivity contribution in [3.63, 3.8) is 0 Å². The number of aryl methyl sites for hydroxylation is 1. The number of thiazole rings is 1. The van der Waals surface area contributed by atoms with Crippen molar-refractivity contribution in [2.45, 2.75) is 38.6 Å². The first kappa shape index (κ1) is 28.6. The molecule has 5 rings (SSSR count). The minimum atomic E-state index is -4.45. The number of rotatable bonds is 9. The maximum absolute atomic E-state index is 14.5. The summed E-state index contributed by atoms with van der Waals surface area (Å²) < 4.78 is 61.6. The van der Waals surface area contributed by atoms with E-state index in [0.717, 1.165) is 27.9 Å². The van der Waals surface area contributed by atoms with Gasteiger partial charge in [0.2, 0.25) is 0 Å². The van der Waals surface area contributed by atoms with Crippen LogP contribution in [0.15, 0.2) is 72.9 Å². The van der Waals surface area contributed by atoms with Crippen LogP contribution in [0.2, 0.25) is 5.02 Å². The molecule has 41 heavy (non-hydrogen) atoms. The van der Waals surface area contributed by atoms with Crippen LogP contribution >= 0.6 is 22.9 Å². The van der Waals surface area contributed by atoms with Crippen LogP contribution in [0.25, 0.3) is 21.5 Å². The molecule has 0 fully saturated rings. The zero-order chi connectivity index (χ0) is 29.3. The van der Waals surface area contributed by atoms with Crippen LogP contribution in [0.1, 0.15) is 34.7 Å². The first-order valence-electron chi connectivity index (χ1n) is 12.6. The first-order chi connectivity index (χ1) is 19.5. The van der Waals surface area contributed by atoms with E-state index in [4.69, 9.17) is 26.4 Å². The summed E-state index contributed by atoms with van der Waals surface area (Å²) in [5.41, 5.74) is 1.50. The number of aromatic nitrogens is 2. The molecule has 0 radical (unpaired) electrons. The summed E-state index contributed by atoms with van der Waals surface area (Å²) in [4.78, 5) is 16.6. The third kappa shape index (κ3) is 6.39. The van der Waals surface area contributed by atoms with Crippen LogP contribution < -0.4 is 4.74 Å². The van der Waals surface area contributed by atoms with E-state index in [1.165, 1.54) is 35.6 Å². The van der Waals surface area contributed by atoms with Gasteiger partial charge in [0.1, 0.15) is 29.2 Å². The second kappa shape index (κ2) is 11.5. The number of aliphatic carboxylic acids is 1. The quantitative estimate of drug-likeness (QED) is 0.172. The molecule has 212 valence electrons. The number of hydrogen-bond donors (Lipinski definition) is 1. The number of fused-ring (bicyclic) bond motifs is 1. The molecule has 0 saturated heterocycles. The van der Waals surface area contributed by atoms with Crippen molar-refractivity contribution in [1.82, 2.24) is 9.55 Å². The summed E-state index contributed by atoms with van der Waals surface area (Å²) in [6.07, 6.45) is -2.66. The van der Waals surface area contributed by atoms with Gasteiger partial charge in [-0.25, -0.2) is 9.37 Å². The second-order valence-electron chi connectivity index (χ2n) is 9.42. The first-order valence-corrected chi connectivity index (χ1v) is 13.8. The number of halogens is 5. The fourth-order valence-electron chi connectivity index (χ4n) is 4.59. The zero-order valence-corrected chi connectivity index (χ0v) is 23.2. The van der Waals surface area contributed by atoms with Crippen molar-refractivity contribution in [2.75, 3.05) is 0 Å².